The molecule has 9 heteroatoms. The van der Waals surface area contributed by atoms with E-state index in [0.717, 1.165) is 11.1 Å². The van der Waals surface area contributed by atoms with Crippen molar-refractivity contribution in [3.8, 4) is 23.0 Å². The molecule has 2 N–H and O–H groups in total. The second-order valence-electron chi connectivity index (χ2n) is 7.43. The molecule has 7 nitrogen and oxygen atoms in total. The maximum absolute atomic E-state index is 12.6. The molecule has 166 valence electrons. The van der Waals surface area contributed by atoms with E-state index < -0.39 is 0 Å². The molecule has 1 amide bonds. The molecule has 0 radical (unpaired) electrons. The lowest BCUT2D eigenvalue weighted by molar-refractivity contribution is 0.0976. The van der Waals surface area contributed by atoms with Crippen LogP contribution >= 0.6 is 23.8 Å². The Hall–Kier alpha value is -3.62. The second-order valence-corrected chi connectivity index (χ2v) is 8.25. The zero-order valence-corrected chi connectivity index (χ0v) is 19.0. The van der Waals surface area contributed by atoms with Gasteiger partial charge in [0.2, 0.25) is 5.89 Å². The molecule has 2 heterocycles. The van der Waals surface area contributed by atoms with E-state index in [0.29, 0.717) is 58.0 Å². The van der Waals surface area contributed by atoms with Crippen molar-refractivity contribution in [2.24, 2.45) is 0 Å². The van der Waals surface area contributed by atoms with Gasteiger partial charge >= 0.3 is 0 Å². The Morgan fingerprint density at radius 3 is 2.67 bits per heavy atom. The molecule has 0 bridgehead atoms. The molecule has 1 aliphatic rings. The number of oxazole rings is 1. The van der Waals surface area contributed by atoms with Gasteiger partial charge in [-0.05, 0) is 73.2 Å². The van der Waals surface area contributed by atoms with Crippen molar-refractivity contribution in [1.82, 2.24) is 10.3 Å². The number of aryl methyl sites for hydroxylation is 1. The van der Waals surface area contributed by atoms with Crippen LogP contribution in [0.2, 0.25) is 5.02 Å². The normalized spacial score (nSPS) is 12.4. The number of aromatic nitrogens is 1. The third-order valence-electron chi connectivity index (χ3n) is 5.10. The fraction of sp³-hybridized carbons (Fsp3) is 0.125. The number of hydrogen-bond donors (Lipinski definition) is 2. The first kappa shape index (κ1) is 21.2. The first-order chi connectivity index (χ1) is 16.0. The lowest BCUT2D eigenvalue weighted by Gasteiger charge is -2.18. The number of anilines is 1. The predicted molar refractivity (Wildman–Crippen MR) is 130 cm³/mol. The molecule has 0 saturated carbocycles. The van der Waals surface area contributed by atoms with Crippen LogP contribution in [-0.2, 0) is 0 Å². The Bertz CT molecular complexity index is 1400. The number of fused-ring (bicyclic) bond motifs is 2. The summed E-state index contributed by atoms with van der Waals surface area (Å²) < 4.78 is 16.9. The molecule has 3 aromatic carbocycles. The summed E-state index contributed by atoms with van der Waals surface area (Å²) in [6.45, 7) is 2.87. The highest BCUT2D eigenvalue weighted by atomic mass is 35.5. The first-order valence-corrected chi connectivity index (χ1v) is 10.9. The van der Waals surface area contributed by atoms with Gasteiger partial charge in [0, 0.05) is 21.8 Å². The lowest BCUT2D eigenvalue weighted by Crippen LogP contribution is -2.34. The van der Waals surface area contributed by atoms with E-state index in [1.165, 1.54) is 0 Å². The van der Waals surface area contributed by atoms with E-state index in [1.807, 2.05) is 25.1 Å². The summed E-state index contributed by atoms with van der Waals surface area (Å²) in [4.78, 5) is 17.1. The van der Waals surface area contributed by atoms with Gasteiger partial charge in [-0.25, -0.2) is 4.98 Å². The number of ether oxygens (including phenoxy) is 2. The Morgan fingerprint density at radius 2 is 1.85 bits per heavy atom. The van der Waals surface area contributed by atoms with E-state index in [2.05, 4.69) is 15.6 Å². The summed E-state index contributed by atoms with van der Waals surface area (Å²) >= 11 is 11.5. The SMILES string of the molecule is Cc1ccc(-c2nc3cc(NC(=S)NC(=O)c4ccc5c(c4)OCCO5)ccc3o2)cc1Cl. The van der Waals surface area contributed by atoms with Crippen LogP contribution < -0.4 is 20.1 Å². The topological polar surface area (TPSA) is 85.6 Å². The van der Waals surface area contributed by atoms with Crippen LogP contribution in [0.3, 0.4) is 0 Å². The molecular formula is C24H18ClN3O4S. The van der Waals surface area contributed by atoms with Crippen LogP contribution in [0.5, 0.6) is 11.5 Å². The van der Waals surface area contributed by atoms with Crippen molar-refractivity contribution in [2.75, 3.05) is 18.5 Å². The summed E-state index contributed by atoms with van der Waals surface area (Å²) in [5.41, 5.74) is 4.12. The number of nitrogens with zero attached hydrogens (tertiary/aromatic N) is 1. The summed E-state index contributed by atoms with van der Waals surface area (Å²) in [6, 6.07) is 16.0. The maximum Gasteiger partial charge on any atom is 0.257 e. The number of carbonyl (C=O) groups is 1. The smallest absolute Gasteiger partial charge is 0.257 e. The van der Waals surface area contributed by atoms with Crippen molar-refractivity contribution in [1.29, 1.82) is 0 Å². The van der Waals surface area contributed by atoms with Crippen LogP contribution in [0, 0.1) is 6.92 Å². The predicted octanol–water partition coefficient (Wildman–Crippen LogP) is 5.35. The van der Waals surface area contributed by atoms with E-state index in [1.54, 1.807) is 36.4 Å². The third kappa shape index (κ3) is 4.48. The van der Waals surface area contributed by atoms with Crippen LogP contribution in [0.4, 0.5) is 5.69 Å². The largest absolute Gasteiger partial charge is 0.486 e. The van der Waals surface area contributed by atoms with E-state index in [4.69, 9.17) is 37.7 Å². The highest BCUT2D eigenvalue weighted by molar-refractivity contribution is 7.80. The molecule has 0 aliphatic carbocycles. The van der Waals surface area contributed by atoms with Crippen molar-refractivity contribution in [2.45, 2.75) is 6.92 Å². The third-order valence-corrected chi connectivity index (χ3v) is 5.71. The highest BCUT2D eigenvalue weighted by Gasteiger charge is 2.16. The number of carbonyl (C=O) groups excluding carboxylic acids is 1. The minimum absolute atomic E-state index is 0.156. The molecule has 1 aliphatic heterocycles. The van der Waals surface area contributed by atoms with Crippen LogP contribution in [0.15, 0.2) is 59.0 Å². The zero-order valence-electron chi connectivity index (χ0n) is 17.5. The molecule has 1 aromatic heterocycles. The van der Waals surface area contributed by atoms with Gasteiger partial charge in [0.15, 0.2) is 22.2 Å². The van der Waals surface area contributed by atoms with Gasteiger partial charge < -0.3 is 19.2 Å². The minimum atomic E-state index is -0.356. The molecular weight excluding hydrogens is 462 g/mol. The van der Waals surface area contributed by atoms with Gasteiger partial charge in [-0.3, -0.25) is 10.1 Å². The molecule has 0 atom stereocenters. The summed E-state index contributed by atoms with van der Waals surface area (Å²) in [5.74, 6) is 1.27. The molecule has 0 spiro atoms. The summed E-state index contributed by atoms with van der Waals surface area (Å²) in [5, 5.41) is 6.48. The fourth-order valence-corrected chi connectivity index (χ4v) is 3.77. The van der Waals surface area contributed by atoms with Gasteiger partial charge in [-0.2, -0.15) is 0 Å². The number of thiocarbonyl (C=S) groups is 1. The van der Waals surface area contributed by atoms with Gasteiger partial charge in [-0.1, -0.05) is 17.7 Å². The molecule has 4 aromatic rings. The van der Waals surface area contributed by atoms with Crippen molar-refractivity contribution < 1.29 is 18.7 Å². The van der Waals surface area contributed by atoms with Gasteiger partial charge in [-0.15, -0.1) is 0 Å². The van der Waals surface area contributed by atoms with Gasteiger partial charge in [0.05, 0.1) is 0 Å². The summed E-state index contributed by atoms with van der Waals surface area (Å²) in [7, 11) is 0. The molecule has 0 unspecified atom stereocenters. The average molecular weight is 480 g/mol. The number of hydrogen-bond acceptors (Lipinski definition) is 6. The Labute approximate surface area is 199 Å². The Balaban J connectivity index is 1.29. The number of amides is 1. The number of halogens is 1. The molecule has 0 fully saturated rings. The molecule has 33 heavy (non-hydrogen) atoms. The van der Waals surface area contributed by atoms with Crippen LogP contribution in [-0.4, -0.2) is 29.2 Å². The number of benzene rings is 3. The second kappa shape index (κ2) is 8.73. The summed E-state index contributed by atoms with van der Waals surface area (Å²) in [6.07, 6.45) is 0. The Kier molecular flexibility index (Phi) is 5.62. The maximum atomic E-state index is 12.6. The average Bonchev–Trinajstić information content (AvgIpc) is 3.24. The van der Waals surface area contributed by atoms with Crippen LogP contribution in [0.1, 0.15) is 15.9 Å². The lowest BCUT2D eigenvalue weighted by atomic mass is 10.1. The van der Waals surface area contributed by atoms with Crippen molar-refractivity contribution in [3.63, 3.8) is 0 Å². The monoisotopic (exact) mass is 479 g/mol. The van der Waals surface area contributed by atoms with E-state index in [-0.39, 0.29) is 11.0 Å². The van der Waals surface area contributed by atoms with Gasteiger partial charge in [0.1, 0.15) is 18.7 Å². The first-order valence-electron chi connectivity index (χ1n) is 10.2. The van der Waals surface area contributed by atoms with Gasteiger partial charge in [0.25, 0.3) is 5.91 Å². The standard InChI is InChI=1S/C24H18ClN3O4S/c1-13-2-3-15(10-17(13)25)23-27-18-12-16(5-7-19(18)32-23)26-24(33)28-22(29)14-4-6-20-21(11-14)31-9-8-30-20/h2-7,10-12H,8-9H2,1H3,(H2,26,28,29,33). The van der Waals surface area contributed by atoms with E-state index >= 15 is 0 Å². The van der Waals surface area contributed by atoms with Crippen LogP contribution in [0.25, 0.3) is 22.6 Å². The minimum Gasteiger partial charge on any atom is -0.486 e. The van der Waals surface area contributed by atoms with Crippen molar-refractivity contribution >= 4 is 51.6 Å². The molecule has 0 saturated heterocycles. The zero-order chi connectivity index (χ0) is 22.9. The van der Waals surface area contributed by atoms with Crippen molar-refractivity contribution in [3.05, 3.63) is 70.7 Å². The fourth-order valence-electron chi connectivity index (χ4n) is 3.38. The number of rotatable bonds is 3. The Morgan fingerprint density at radius 1 is 1.03 bits per heavy atom. The highest BCUT2D eigenvalue weighted by Crippen LogP contribution is 2.31. The number of nitrogens with one attached hydrogen (secondary N) is 2. The van der Waals surface area contributed by atoms with E-state index in [9.17, 15) is 4.79 Å². The molecule has 5 rings (SSSR count). The quantitative estimate of drug-likeness (QED) is 0.383.